The summed E-state index contributed by atoms with van der Waals surface area (Å²) in [4.78, 5) is 11.1. The molecule has 2 aromatic rings. The highest BCUT2D eigenvalue weighted by Crippen LogP contribution is 2.27. The zero-order valence-electron chi connectivity index (χ0n) is 8.00. The number of rotatable bonds is 3. The van der Waals surface area contributed by atoms with E-state index in [1.54, 1.807) is 12.1 Å². The SMILES string of the molecule is O=c1ssc(NCc2ccc(F)cc2)c1Cl. The van der Waals surface area contributed by atoms with Gasteiger partial charge in [0.1, 0.15) is 15.8 Å². The van der Waals surface area contributed by atoms with E-state index in [1.807, 2.05) is 0 Å². The van der Waals surface area contributed by atoms with E-state index >= 15 is 0 Å². The van der Waals surface area contributed by atoms with Crippen LogP contribution in [-0.2, 0) is 6.54 Å². The molecule has 1 N–H and O–H groups in total. The maximum atomic E-state index is 12.6. The fourth-order valence-corrected chi connectivity index (χ4v) is 3.56. The summed E-state index contributed by atoms with van der Waals surface area (Å²) in [5.41, 5.74) is 0.934. The van der Waals surface area contributed by atoms with Gasteiger partial charge in [-0.1, -0.05) is 34.1 Å². The van der Waals surface area contributed by atoms with Crippen molar-refractivity contribution in [3.63, 3.8) is 0 Å². The first-order valence-corrected chi connectivity index (χ1v) is 6.96. The lowest BCUT2D eigenvalue weighted by atomic mass is 10.2. The van der Waals surface area contributed by atoms with Gasteiger partial charge in [0.15, 0.2) is 0 Å². The van der Waals surface area contributed by atoms with Crippen LogP contribution in [0, 0.1) is 5.82 Å². The minimum absolute atomic E-state index is 0.131. The normalized spacial score (nSPS) is 10.4. The molecule has 0 amide bonds. The molecule has 2 nitrogen and oxygen atoms in total. The van der Waals surface area contributed by atoms with Crippen molar-refractivity contribution in [2.75, 3.05) is 5.32 Å². The number of halogens is 2. The minimum Gasteiger partial charge on any atom is -0.371 e. The average molecular weight is 276 g/mol. The Morgan fingerprint density at radius 2 is 1.94 bits per heavy atom. The van der Waals surface area contributed by atoms with Crippen molar-refractivity contribution in [3.05, 3.63) is 50.2 Å². The quantitative estimate of drug-likeness (QED) is 0.868. The third kappa shape index (κ3) is 2.61. The molecule has 0 atom stereocenters. The van der Waals surface area contributed by atoms with Crippen molar-refractivity contribution in [2.24, 2.45) is 0 Å². The lowest BCUT2D eigenvalue weighted by Crippen LogP contribution is -1.99. The van der Waals surface area contributed by atoms with Crippen LogP contribution in [0.25, 0.3) is 0 Å². The summed E-state index contributed by atoms with van der Waals surface area (Å²) in [5.74, 6) is -0.262. The molecule has 0 fully saturated rings. The Hall–Kier alpha value is -0.910. The Bertz CT molecular complexity index is 534. The molecule has 2 rings (SSSR count). The lowest BCUT2D eigenvalue weighted by molar-refractivity contribution is 0.627. The van der Waals surface area contributed by atoms with Crippen LogP contribution in [-0.4, -0.2) is 0 Å². The van der Waals surface area contributed by atoms with Gasteiger partial charge in [-0.25, -0.2) is 4.39 Å². The average Bonchev–Trinajstić information content (AvgIpc) is 2.60. The Kier molecular flexibility index (Phi) is 3.58. The van der Waals surface area contributed by atoms with E-state index in [-0.39, 0.29) is 15.6 Å². The lowest BCUT2D eigenvalue weighted by Gasteiger charge is -2.03. The molecule has 0 aliphatic carbocycles. The van der Waals surface area contributed by atoms with E-state index in [9.17, 15) is 9.18 Å². The van der Waals surface area contributed by atoms with Gasteiger partial charge in [0.2, 0.25) is 0 Å². The van der Waals surface area contributed by atoms with Crippen LogP contribution in [0.15, 0.2) is 29.1 Å². The molecule has 0 bridgehead atoms. The molecule has 0 aliphatic rings. The smallest absolute Gasteiger partial charge is 0.263 e. The van der Waals surface area contributed by atoms with Gasteiger partial charge in [0, 0.05) is 6.54 Å². The fraction of sp³-hybridized carbons (Fsp3) is 0.100. The first-order chi connectivity index (χ1) is 7.66. The highest BCUT2D eigenvalue weighted by molar-refractivity contribution is 7.70. The van der Waals surface area contributed by atoms with Crippen molar-refractivity contribution in [3.8, 4) is 0 Å². The molecule has 0 aliphatic heterocycles. The number of hydrogen-bond acceptors (Lipinski definition) is 4. The molecule has 84 valence electrons. The third-order valence-corrected chi connectivity index (χ3v) is 4.69. The summed E-state index contributed by atoms with van der Waals surface area (Å²) in [6.45, 7) is 0.521. The van der Waals surface area contributed by atoms with Gasteiger partial charge >= 0.3 is 0 Å². The Morgan fingerprint density at radius 1 is 1.25 bits per heavy atom. The van der Waals surface area contributed by atoms with Gasteiger partial charge in [-0.2, -0.15) is 0 Å². The van der Waals surface area contributed by atoms with Gasteiger partial charge in [-0.05, 0) is 28.0 Å². The monoisotopic (exact) mass is 275 g/mol. The van der Waals surface area contributed by atoms with Crippen molar-refractivity contribution < 1.29 is 4.39 Å². The molecule has 16 heavy (non-hydrogen) atoms. The molecule has 1 heterocycles. The van der Waals surface area contributed by atoms with E-state index < -0.39 is 0 Å². The van der Waals surface area contributed by atoms with E-state index in [0.29, 0.717) is 11.5 Å². The second kappa shape index (κ2) is 4.95. The molecule has 0 saturated heterocycles. The Morgan fingerprint density at radius 3 is 2.50 bits per heavy atom. The number of benzene rings is 1. The first kappa shape index (κ1) is 11.6. The number of anilines is 1. The zero-order valence-corrected chi connectivity index (χ0v) is 10.4. The van der Waals surface area contributed by atoms with Gasteiger partial charge in [-0.3, -0.25) is 4.79 Å². The van der Waals surface area contributed by atoms with Crippen LogP contribution in [0.1, 0.15) is 5.56 Å². The Balaban J connectivity index is 2.05. The molecule has 0 saturated carbocycles. The predicted molar refractivity (Wildman–Crippen MR) is 67.2 cm³/mol. The van der Waals surface area contributed by atoms with E-state index in [0.717, 1.165) is 15.9 Å². The summed E-state index contributed by atoms with van der Waals surface area (Å²) in [6.07, 6.45) is 0. The second-order valence-electron chi connectivity index (χ2n) is 3.08. The molecule has 1 aromatic carbocycles. The van der Waals surface area contributed by atoms with Crippen LogP contribution in [0.4, 0.5) is 9.39 Å². The first-order valence-electron chi connectivity index (χ1n) is 4.44. The van der Waals surface area contributed by atoms with Crippen molar-refractivity contribution in [1.29, 1.82) is 0 Å². The summed E-state index contributed by atoms with van der Waals surface area (Å²) in [5, 5.41) is 3.95. The molecule has 0 radical (unpaired) electrons. The van der Waals surface area contributed by atoms with Crippen LogP contribution < -0.4 is 10.1 Å². The van der Waals surface area contributed by atoms with Crippen LogP contribution in [0.2, 0.25) is 5.02 Å². The Labute approximate surface area is 104 Å². The predicted octanol–water partition coefficient (Wildman–Crippen LogP) is 3.57. The van der Waals surface area contributed by atoms with Gasteiger partial charge in [0.05, 0.1) is 0 Å². The second-order valence-corrected chi connectivity index (χ2v) is 5.57. The van der Waals surface area contributed by atoms with Gasteiger partial charge in [-0.15, -0.1) is 0 Å². The molecule has 0 spiro atoms. The topological polar surface area (TPSA) is 29.1 Å². The highest BCUT2D eigenvalue weighted by Gasteiger charge is 2.07. The standard InChI is InChI=1S/C10H7ClFNOS2/c11-8-9(15-16-10(8)14)13-5-6-1-3-7(12)4-2-6/h1-4,13H,5H2. The highest BCUT2D eigenvalue weighted by atomic mass is 35.5. The number of hydrogen-bond donors (Lipinski definition) is 1. The van der Waals surface area contributed by atoms with Crippen molar-refractivity contribution in [2.45, 2.75) is 6.54 Å². The molecule has 1 aromatic heterocycles. The molecule has 6 heteroatoms. The zero-order chi connectivity index (χ0) is 11.5. The summed E-state index contributed by atoms with van der Waals surface area (Å²) in [7, 11) is 2.41. The molecule has 0 unspecified atom stereocenters. The van der Waals surface area contributed by atoms with Crippen LogP contribution in [0.5, 0.6) is 0 Å². The van der Waals surface area contributed by atoms with Crippen LogP contribution >= 0.6 is 32.3 Å². The molecular formula is C10H7ClFNOS2. The van der Waals surface area contributed by atoms with E-state index in [2.05, 4.69) is 5.32 Å². The van der Waals surface area contributed by atoms with E-state index in [1.165, 1.54) is 22.5 Å². The minimum atomic E-state index is -0.262. The fourth-order valence-electron chi connectivity index (χ4n) is 1.14. The summed E-state index contributed by atoms with van der Waals surface area (Å²) >= 11 is 5.79. The summed E-state index contributed by atoms with van der Waals surface area (Å²) < 4.78 is 12.5. The van der Waals surface area contributed by atoms with E-state index in [4.69, 9.17) is 11.6 Å². The maximum Gasteiger partial charge on any atom is 0.263 e. The maximum absolute atomic E-state index is 12.6. The largest absolute Gasteiger partial charge is 0.371 e. The van der Waals surface area contributed by atoms with Crippen molar-refractivity contribution >= 4 is 37.3 Å². The van der Waals surface area contributed by atoms with Gasteiger partial charge in [0.25, 0.3) is 4.74 Å². The van der Waals surface area contributed by atoms with Crippen molar-refractivity contribution in [1.82, 2.24) is 0 Å². The molecular weight excluding hydrogens is 269 g/mol. The number of nitrogens with one attached hydrogen (secondary N) is 1. The van der Waals surface area contributed by atoms with Crippen LogP contribution in [0.3, 0.4) is 0 Å². The van der Waals surface area contributed by atoms with Gasteiger partial charge < -0.3 is 5.32 Å². The summed E-state index contributed by atoms with van der Waals surface area (Å²) in [6, 6.07) is 6.17. The third-order valence-electron chi connectivity index (χ3n) is 1.95.